The molecule has 0 atom stereocenters. The zero-order valence-corrected chi connectivity index (χ0v) is 11.3. The number of nitrogens with one attached hydrogen (secondary N) is 1. The first-order chi connectivity index (χ1) is 8.60. The van der Waals surface area contributed by atoms with Gasteiger partial charge in [-0.15, -0.1) is 0 Å². The summed E-state index contributed by atoms with van der Waals surface area (Å²) < 4.78 is 18.6. The largest absolute Gasteiger partial charge is 0.444 e. The summed E-state index contributed by atoms with van der Waals surface area (Å²) >= 11 is 0. The Morgan fingerprint density at radius 2 is 1.89 bits per heavy atom. The molecule has 0 radical (unpaired) electrons. The number of carbonyl (C=O) groups is 2. The molecule has 1 rings (SSSR count). The van der Waals surface area contributed by atoms with Gasteiger partial charge in [-0.3, -0.25) is 10.1 Å². The van der Waals surface area contributed by atoms with Gasteiger partial charge < -0.3 is 10.5 Å². The van der Waals surface area contributed by atoms with Crippen molar-refractivity contribution in [2.24, 2.45) is 5.73 Å². The van der Waals surface area contributed by atoms with Crippen LogP contribution in [-0.4, -0.2) is 17.6 Å². The Morgan fingerprint density at radius 1 is 1.32 bits per heavy atom. The highest BCUT2D eigenvalue weighted by molar-refractivity contribution is 5.95. The predicted molar refractivity (Wildman–Crippen MR) is 69.5 cm³/mol. The Hall–Kier alpha value is -2.11. The average Bonchev–Trinajstić information content (AvgIpc) is 2.21. The van der Waals surface area contributed by atoms with Crippen molar-refractivity contribution in [3.63, 3.8) is 0 Å². The maximum absolute atomic E-state index is 13.6. The summed E-state index contributed by atoms with van der Waals surface area (Å²) in [5, 5.41) is 2.39. The first kappa shape index (κ1) is 14.9. The fraction of sp³-hybridized carbons (Fsp3) is 0.385. The minimum Gasteiger partial charge on any atom is -0.444 e. The van der Waals surface area contributed by atoms with Gasteiger partial charge in [-0.25, -0.2) is 9.18 Å². The Morgan fingerprint density at radius 3 is 2.37 bits per heavy atom. The Labute approximate surface area is 110 Å². The molecule has 6 heteroatoms. The van der Waals surface area contributed by atoms with Crippen molar-refractivity contribution < 1.29 is 18.7 Å². The third-order valence-corrected chi connectivity index (χ3v) is 2.26. The van der Waals surface area contributed by atoms with Gasteiger partial charge in [0.25, 0.3) is 0 Å². The molecule has 0 spiro atoms. The Bertz CT molecular complexity index is 521. The molecular formula is C13H17FN2O3. The highest BCUT2D eigenvalue weighted by Gasteiger charge is 2.18. The van der Waals surface area contributed by atoms with Crippen molar-refractivity contribution in [3.8, 4) is 0 Å². The molecule has 104 valence electrons. The molecular weight excluding hydrogens is 251 g/mol. The molecule has 2 amide bonds. The van der Waals surface area contributed by atoms with Gasteiger partial charge in [0.1, 0.15) is 11.4 Å². The minimum absolute atomic E-state index is 0.0193. The average molecular weight is 268 g/mol. The van der Waals surface area contributed by atoms with Crippen molar-refractivity contribution in [1.82, 2.24) is 0 Å². The Kier molecular flexibility index (Phi) is 4.14. The number of hydrogen-bond donors (Lipinski definition) is 2. The van der Waals surface area contributed by atoms with Crippen LogP contribution in [0.2, 0.25) is 0 Å². The molecule has 0 heterocycles. The lowest BCUT2D eigenvalue weighted by Crippen LogP contribution is -2.27. The summed E-state index contributed by atoms with van der Waals surface area (Å²) in [7, 11) is 0. The number of rotatable bonds is 2. The Balaban J connectivity index is 3.01. The van der Waals surface area contributed by atoms with Crippen molar-refractivity contribution in [2.75, 3.05) is 5.32 Å². The highest BCUT2D eigenvalue weighted by Crippen LogP contribution is 2.21. The van der Waals surface area contributed by atoms with E-state index in [1.807, 2.05) is 0 Å². The van der Waals surface area contributed by atoms with E-state index in [1.165, 1.54) is 13.0 Å². The number of anilines is 1. The van der Waals surface area contributed by atoms with Gasteiger partial charge in [0.2, 0.25) is 5.91 Å². The van der Waals surface area contributed by atoms with E-state index in [1.54, 1.807) is 20.8 Å². The van der Waals surface area contributed by atoms with Crippen LogP contribution >= 0.6 is 0 Å². The van der Waals surface area contributed by atoms with Crippen LogP contribution in [0.4, 0.5) is 14.9 Å². The molecule has 0 aliphatic rings. The van der Waals surface area contributed by atoms with Crippen molar-refractivity contribution >= 4 is 17.7 Å². The second kappa shape index (κ2) is 5.26. The van der Waals surface area contributed by atoms with Gasteiger partial charge >= 0.3 is 6.09 Å². The molecule has 5 nitrogen and oxygen atoms in total. The summed E-state index contributed by atoms with van der Waals surface area (Å²) in [6.45, 7) is 6.60. The van der Waals surface area contributed by atoms with Gasteiger partial charge in [-0.05, 0) is 39.8 Å². The number of ether oxygens (including phenoxy) is 1. The maximum atomic E-state index is 13.6. The first-order valence-electron chi connectivity index (χ1n) is 5.70. The van der Waals surface area contributed by atoms with E-state index in [0.717, 1.165) is 6.07 Å². The third-order valence-electron chi connectivity index (χ3n) is 2.26. The quantitative estimate of drug-likeness (QED) is 0.864. The molecule has 0 saturated heterocycles. The molecule has 0 unspecified atom stereocenters. The number of hydrogen-bond acceptors (Lipinski definition) is 3. The van der Waals surface area contributed by atoms with E-state index in [4.69, 9.17) is 10.5 Å². The van der Waals surface area contributed by atoms with E-state index in [2.05, 4.69) is 5.32 Å². The summed E-state index contributed by atoms with van der Waals surface area (Å²) in [6, 6.07) is 2.34. The van der Waals surface area contributed by atoms with E-state index < -0.39 is 23.4 Å². The molecule has 0 saturated carbocycles. The van der Waals surface area contributed by atoms with Crippen LogP contribution in [-0.2, 0) is 4.74 Å². The molecule has 3 N–H and O–H groups in total. The van der Waals surface area contributed by atoms with Crippen LogP contribution in [0.25, 0.3) is 0 Å². The van der Waals surface area contributed by atoms with E-state index in [0.29, 0.717) is 0 Å². The molecule has 1 aromatic carbocycles. The smallest absolute Gasteiger partial charge is 0.412 e. The lowest BCUT2D eigenvalue weighted by atomic mass is 10.1. The van der Waals surface area contributed by atoms with Crippen LogP contribution < -0.4 is 11.1 Å². The highest BCUT2D eigenvalue weighted by atomic mass is 19.1. The van der Waals surface area contributed by atoms with Crippen LogP contribution in [0.1, 0.15) is 36.7 Å². The van der Waals surface area contributed by atoms with Gasteiger partial charge in [0, 0.05) is 11.1 Å². The van der Waals surface area contributed by atoms with E-state index in [9.17, 15) is 14.0 Å². The van der Waals surface area contributed by atoms with Crippen molar-refractivity contribution in [3.05, 3.63) is 29.1 Å². The normalized spacial score (nSPS) is 11.0. The minimum atomic E-state index is -0.772. The van der Waals surface area contributed by atoms with Crippen molar-refractivity contribution in [1.29, 1.82) is 0 Å². The zero-order valence-electron chi connectivity index (χ0n) is 11.3. The van der Waals surface area contributed by atoms with Gasteiger partial charge in [-0.1, -0.05) is 0 Å². The summed E-state index contributed by atoms with van der Waals surface area (Å²) in [4.78, 5) is 22.6. The fourth-order valence-corrected chi connectivity index (χ4v) is 1.36. The number of benzene rings is 1. The zero-order chi connectivity index (χ0) is 14.8. The fourth-order valence-electron chi connectivity index (χ4n) is 1.36. The standard InChI is InChI=1S/C13H17FN2O3/c1-7-9(14)5-8(11(15)17)6-10(7)16-12(18)19-13(2,3)4/h5-6H,1-4H3,(H2,15,17)(H,16,18). The van der Waals surface area contributed by atoms with Crippen molar-refractivity contribution in [2.45, 2.75) is 33.3 Å². The molecule has 0 aliphatic heterocycles. The lowest BCUT2D eigenvalue weighted by molar-refractivity contribution is 0.0635. The summed E-state index contributed by atoms with van der Waals surface area (Å²) in [5.41, 5.74) is 4.76. The number of halogens is 1. The molecule has 1 aromatic rings. The molecule has 19 heavy (non-hydrogen) atoms. The van der Waals surface area contributed by atoms with Gasteiger partial charge in [0.05, 0.1) is 5.69 Å². The lowest BCUT2D eigenvalue weighted by Gasteiger charge is -2.20. The van der Waals surface area contributed by atoms with Crippen LogP contribution in [0, 0.1) is 12.7 Å². The first-order valence-corrected chi connectivity index (χ1v) is 5.70. The second-order valence-electron chi connectivity index (χ2n) is 5.12. The molecule has 0 aromatic heterocycles. The number of carbonyl (C=O) groups excluding carboxylic acids is 2. The SMILES string of the molecule is Cc1c(F)cc(C(N)=O)cc1NC(=O)OC(C)(C)C. The van der Waals surface area contributed by atoms with Gasteiger partial charge in [-0.2, -0.15) is 0 Å². The molecule has 0 fully saturated rings. The van der Waals surface area contributed by atoms with Crippen LogP contribution in [0.5, 0.6) is 0 Å². The van der Waals surface area contributed by atoms with Gasteiger partial charge in [0.15, 0.2) is 0 Å². The maximum Gasteiger partial charge on any atom is 0.412 e. The summed E-state index contributed by atoms with van der Waals surface area (Å²) in [5.74, 6) is -1.39. The van der Waals surface area contributed by atoms with E-state index in [-0.39, 0.29) is 16.8 Å². The molecule has 0 bridgehead atoms. The monoisotopic (exact) mass is 268 g/mol. The second-order valence-corrected chi connectivity index (χ2v) is 5.12. The third kappa shape index (κ3) is 4.24. The number of nitrogens with two attached hydrogens (primary N) is 1. The summed E-state index contributed by atoms with van der Waals surface area (Å²) in [6.07, 6.45) is -0.725. The molecule has 0 aliphatic carbocycles. The topological polar surface area (TPSA) is 81.4 Å². The predicted octanol–water partition coefficient (Wildman–Crippen LogP) is 2.58. The number of amides is 2. The van der Waals surface area contributed by atoms with Crippen LogP contribution in [0.3, 0.4) is 0 Å². The number of primary amides is 1. The van der Waals surface area contributed by atoms with E-state index >= 15 is 0 Å². The van der Waals surface area contributed by atoms with Crippen LogP contribution in [0.15, 0.2) is 12.1 Å².